The van der Waals surface area contributed by atoms with Gasteiger partial charge in [0.1, 0.15) is 0 Å². The van der Waals surface area contributed by atoms with Crippen LogP contribution in [0, 0.1) is 0 Å². The summed E-state index contributed by atoms with van der Waals surface area (Å²) in [5, 5.41) is 1.24. The van der Waals surface area contributed by atoms with Crippen molar-refractivity contribution in [2.24, 2.45) is 0 Å². The number of rotatable bonds is 3. The number of hydrogen-bond donors (Lipinski definition) is 0. The highest BCUT2D eigenvalue weighted by molar-refractivity contribution is 5.82. The van der Waals surface area contributed by atoms with E-state index >= 15 is 0 Å². The molecule has 2 atom stereocenters. The number of hydrogen-bond acceptors (Lipinski definition) is 2. The minimum absolute atomic E-state index is 0.559. The zero-order chi connectivity index (χ0) is 17.3. The van der Waals surface area contributed by atoms with E-state index in [9.17, 15) is 0 Å². The predicted molar refractivity (Wildman–Crippen MR) is 108 cm³/mol. The van der Waals surface area contributed by atoms with E-state index in [1.54, 1.807) is 0 Å². The molecule has 2 aromatic carbocycles. The number of para-hydroxylation sites is 1. The van der Waals surface area contributed by atoms with Crippen molar-refractivity contribution in [3.63, 3.8) is 0 Å². The Morgan fingerprint density at radius 3 is 2.69 bits per heavy atom. The first kappa shape index (κ1) is 15.8. The molecule has 2 aliphatic rings. The topological polar surface area (TPSA) is 16.1 Å². The van der Waals surface area contributed by atoms with Gasteiger partial charge in [0.15, 0.2) is 0 Å². The Morgan fingerprint density at radius 1 is 0.962 bits per heavy atom. The van der Waals surface area contributed by atoms with E-state index in [1.165, 1.54) is 41.3 Å². The Kier molecular flexibility index (Phi) is 4.06. The standard InChI is InChI=1S/C24H24N2/c1-2-7-18(8-3-1)17-26-22-10-6-11-23(26)15-20(14-22)21-13-19-9-4-5-12-24(19)25-16-21/h1-5,7-9,12-14,16,22-23H,6,10-11,15,17H2. The Balaban J connectivity index is 1.46. The summed E-state index contributed by atoms with van der Waals surface area (Å²) in [5.41, 5.74) is 5.30. The third kappa shape index (κ3) is 2.95. The van der Waals surface area contributed by atoms with E-state index in [-0.39, 0.29) is 0 Å². The zero-order valence-corrected chi connectivity index (χ0v) is 15.0. The molecule has 2 nitrogen and oxygen atoms in total. The van der Waals surface area contributed by atoms with E-state index in [1.807, 2.05) is 0 Å². The van der Waals surface area contributed by atoms with Gasteiger partial charge in [0.25, 0.3) is 0 Å². The fourth-order valence-electron chi connectivity index (χ4n) is 4.62. The Bertz CT molecular complexity index is 945. The van der Waals surface area contributed by atoms with Gasteiger partial charge >= 0.3 is 0 Å². The predicted octanol–water partition coefficient (Wildman–Crippen LogP) is 5.45. The lowest BCUT2D eigenvalue weighted by Gasteiger charge is -2.45. The number of benzene rings is 2. The molecule has 2 unspecified atom stereocenters. The maximum atomic E-state index is 4.68. The molecule has 3 heterocycles. The number of fused-ring (bicyclic) bond motifs is 3. The first-order valence-corrected chi connectivity index (χ1v) is 9.72. The molecular weight excluding hydrogens is 316 g/mol. The fraction of sp³-hybridized carbons (Fsp3) is 0.292. The molecule has 2 aliphatic heterocycles. The highest BCUT2D eigenvalue weighted by atomic mass is 15.2. The summed E-state index contributed by atoms with van der Waals surface area (Å²) in [5.74, 6) is 0. The average Bonchev–Trinajstić information content (AvgIpc) is 2.68. The second-order valence-corrected chi connectivity index (χ2v) is 7.62. The van der Waals surface area contributed by atoms with Crippen LogP contribution in [0.3, 0.4) is 0 Å². The lowest BCUT2D eigenvalue weighted by molar-refractivity contribution is 0.0951. The normalized spacial score (nSPS) is 23.0. The molecule has 1 aromatic heterocycles. The van der Waals surface area contributed by atoms with Gasteiger partial charge in [-0.25, -0.2) is 0 Å². The van der Waals surface area contributed by atoms with Gasteiger partial charge in [-0.3, -0.25) is 9.88 Å². The van der Waals surface area contributed by atoms with E-state index in [0.717, 1.165) is 18.5 Å². The van der Waals surface area contributed by atoms with Crippen LogP contribution in [-0.4, -0.2) is 22.0 Å². The van der Waals surface area contributed by atoms with Crippen molar-refractivity contribution in [3.05, 3.63) is 84.1 Å². The maximum Gasteiger partial charge on any atom is 0.0702 e. The van der Waals surface area contributed by atoms with Crippen molar-refractivity contribution >= 4 is 16.5 Å². The third-order valence-corrected chi connectivity index (χ3v) is 5.95. The van der Waals surface area contributed by atoms with Crippen LogP contribution in [0.2, 0.25) is 0 Å². The number of aromatic nitrogens is 1. The molecular formula is C24H24N2. The third-order valence-electron chi connectivity index (χ3n) is 5.95. The molecule has 1 fully saturated rings. The minimum atomic E-state index is 0.559. The summed E-state index contributed by atoms with van der Waals surface area (Å²) in [4.78, 5) is 7.40. The lowest BCUT2D eigenvalue weighted by atomic mass is 9.82. The summed E-state index contributed by atoms with van der Waals surface area (Å²) in [6.07, 6.45) is 9.65. The molecule has 1 saturated heterocycles. The molecule has 0 amide bonds. The van der Waals surface area contributed by atoms with Crippen LogP contribution in [0.4, 0.5) is 0 Å². The SMILES string of the molecule is C1=C(c2cnc3ccccc3c2)CC2CCCC1N2Cc1ccccc1. The van der Waals surface area contributed by atoms with Gasteiger partial charge in [-0.1, -0.05) is 61.0 Å². The van der Waals surface area contributed by atoms with Crippen molar-refractivity contribution in [1.82, 2.24) is 9.88 Å². The number of nitrogens with zero attached hydrogens (tertiary/aromatic N) is 2. The number of piperidine rings is 1. The van der Waals surface area contributed by atoms with E-state index in [2.05, 4.69) is 82.8 Å². The first-order valence-electron chi connectivity index (χ1n) is 9.72. The molecule has 0 aliphatic carbocycles. The largest absolute Gasteiger partial charge is 0.289 e. The Labute approximate surface area is 155 Å². The van der Waals surface area contributed by atoms with E-state index in [4.69, 9.17) is 0 Å². The van der Waals surface area contributed by atoms with Crippen LogP contribution in [0.1, 0.15) is 36.8 Å². The highest BCUT2D eigenvalue weighted by Crippen LogP contribution is 2.38. The van der Waals surface area contributed by atoms with Crippen molar-refractivity contribution < 1.29 is 0 Å². The minimum Gasteiger partial charge on any atom is -0.289 e. The van der Waals surface area contributed by atoms with Crippen LogP contribution in [0.15, 0.2) is 72.9 Å². The van der Waals surface area contributed by atoms with E-state index < -0.39 is 0 Å². The van der Waals surface area contributed by atoms with Crippen molar-refractivity contribution in [2.75, 3.05) is 0 Å². The van der Waals surface area contributed by atoms with E-state index in [0.29, 0.717) is 12.1 Å². The van der Waals surface area contributed by atoms with Gasteiger partial charge in [-0.2, -0.15) is 0 Å². The molecule has 3 aromatic rings. The van der Waals surface area contributed by atoms with Crippen LogP contribution in [0.25, 0.3) is 16.5 Å². The van der Waals surface area contributed by atoms with Gasteiger partial charge in [0, 0.05) is 30.2 Å². The second kappa shape index (κ2) is 6.69. The Hall–Kier alpha value is -2.45. The fourth-order valence-corrected chi connectivity index (χ4v) is 4.62. The van der Waals surface area contributed by atoms with Gasteiger partial charge in [0.2, 0.25) is 0 Å². The monoisotopic (exact) mass is 340 g/mol. The summed E-state index contributed by atoms with van der Waals surface area (Å²) in [6, 6.07) is 22.8. The molecule has 0 spiro atoms. The quantitative estimate of drug-likeness (QED) is 0.630. The van der Waals surface area contributed by atoms with Gasteiger partial charge in [0.05, 0.1) is 5.52 Å². The van der Waals surface area contributed by atoms with Crippen molar-refractivity contribution in [2.45, 2.75) is 44.3 Å². The van der Waals surface area contributed by atoms with Crippen molar-refractivity contribution in [1.29, 1.82) is 0 Å². The van der Waals surface area contributed by atoms with Crippen LogP contribution in [0.5, 0.6) is 0 Å². The Morgan fingerprint density at radius 2 is 1.81 bits per heavy atom. The summed E-state index contributed by atoms with van der Waals surface area (Å²) in [7, 11) is 0. The second-order valence-electron chi connectivity index (χ2n) is 7.62. The van der Waals surface area contributed by atoms with Gasteiger partial charge < -0.3 is 0 Å². The lowest BCUT2D eigenvalue weighted by Crippen LogP contribution is -2.47. The summed E-state index contributed by atoms with van der Waals surface area (Å²) >= 11 is 0. The average molecular weight is 340 g/mol. The zero-order valence-electron chi connectivity index (χ0n) is 15.0. The van der Waals surface area contributed by atoms with Crippen LogP contribution >= 0.6 is 0 Å². The van der Waals surface area contributed by atoms with Gasteiger partial charge in [-0.05, 0) is 48.1 Å². The smallest absolute Gasteiger partial charge is 0.0702 e. The molecule has 5 rings (SSSR count). The summed E-state index contributed by atoms with van der Waals surface area (Å²) in [6.45, 7) is 1.07. The molecule has 2 heteroatoms. The molecule has 0 N–H and O–H groups in total. The van der Waals surface area contributed by atoms with Gasteiger partial charge in [-0.15, -0.1) is 0 Å². The van der Waals surface area contributed by atoms with Crippen LogP contribution in [-0.2, 0) is 6.54 Å². The molecule has 26 heavy (non-hydrogen) atoms. The molecule has 0 radical (unpaired) electrons. The highest BCUT2D eigenvalue weighted by Gasteiger charge is 2.34. The van der Waals surface area contributed by atoms with Crippen molar-refractivity contribution in [3.8, 4) is 0 Å². The van der Waals surface area contributed by atoms with Crippen LogP contribution < -0.4 is 0 Å². The number of pyridine rings is 1. The molecule has 0 saturated carbocycles. The first-order chi connectivity index (χ1) is 12.9. The summed E-state index contributed by atoms with van der Waals surface area (Å²) < 4.78 is 0. The maximum absolute atomic E-state index is 4.68. The molecule has 2 bridgehead atoms. The molecule has 130 valence electrons.